The van der Waals surface area contributed by atoms with E-state index in [0.717, 1.165) is 9.35 Å². The number of carbonyl (C=O) groups is 2. The highest BCUT2D eigenvalue weighted by atomic mass is 79.9. The lowest BCUT2D eigenvalue weighted by Crippen LogP contribution is -2.10. The van der Waals surface area contributed by atoms with Crippen LogP contribution in [0.25, 0.3) is 0 Å². The zero-order chi connectivity index (χ0) is 14.7. The molecule has 1 amide bonds. The first-order valence-corrected chi connectivity index (χ1v) is 7.44. The van der Waals surface area contributed by atoms with Gasteiger partial charge in [0, 0.05) is 5.69 Å². The zero-order valence-electron chi connectivity index (χ0n) is 10.6. The van der Waals surface area contributed by atoms with Gasteiger partial charge in [0.05, 0.1) is 15.1 Å². The van der Waals surface area contributed by atoms with Gasteiger partial charge >= 0.3 is 5.97 Å². The number of benzene rings is 1. The standard InChI is InChI=1S/C14H12BrNO3S/c1-8-6-11(20-13(8)15)14(19)16-10-4-2-9(3-5-10)7-12(17)18/h2-6H,7H2,1H3,(H,16,19)(H,17,18). The van der Waals surface area contributed by atoms with E-state index in [0.29, 0.717) is 16.1 Å². The molecule has 0 spiro atoms. The Morgan fingerprint density at radius 2 is 1.95 bits per heavy atom. The van der Waals surface area contributed by atoms with Crippen LogP contribution in [0.15, 0.2) is 34.1 Å². The number of aryl methyl sites for hydroxylation is 1. The Morgan fingerprint density at radius 1 is 1.30 bits per heavy atom. The molecule has 104 valence electrons. The number of carboxylic acid groups (broad SMARTS) is 1. The molecule has 0 aliphatic heterocycles. The quantitative estimate of drug-likeness (QED) is 0.880. The average Bonchev–Trinajstić information content (AvgIpc) is 2.71. The van der Waals surface area contributed by atoms with E-state index in [9.17, 15) is 9.59 Å². The fourth-order valence-electron chi connectivity index (χ4n) is 1.65. The van der Waals surface area contributed by atoms with E-state index in [1.165, 1.54) is 11.3 Å². The van der Waals surface area contributed by atoms with Crippen LogP contribution in [0.5, 0.6) is 0 Å². The van der Waals surface area contributed by atoms with Gasteiger partial charge in [-0.25, -0.2) is 0 Å². The first kappa shape index (κ1) is 14.7. The van der Waals surface area contributed by atoms with Crippen LogP contribution in [0.4, 0.5) is 5.69 Å². The largest absolute Gasteiger partial charge is 0.481 e. The number of thiophene rings is 1. The maximum atomic E-state index is 12.0. The van der Waals surface area contributed by atoms with Crippen molar-refractivity contribution >= 4 is 44.8 Å². The number of halogens is 1. The lowest BCUT2D eigenvalue weighted by atomic mass is 10.1. The number of hydrogen-bond donors (Lipinski definition) is 2. The van der Waals surface area contributed by atoms with Crippen molar-refractivity contribution in [1.82, 2.24) is 0 Å². The smallest absolute Gasteiger partial charge is 0.307 e. The molecular weight excluding hydrogens is 342 g/mol. The second-order valence-corrected chi connectivity index (χ2v) is 6.66. The molecule has 0 fully saturated rings. The highest BCUT2D eigenvalue weighted by molar-refractivity contribution is 9.11. The van der Waals surface area contributed by atoms with Gasteiger partial charge in [-0.2, -0.15) is 0 Å². The van der Waals surface area contributed by atoms with Crippen molar-refractivity contribution in [2.75, 3.05) is 5.32 Å². The summed E-state index contributed by atoms with van der Waals surface area (Å²) in [5, 5.41) is 11.5. The van der Waals surface area contributed by atoms with Crippen molar-refractivity contribution < 1.29 is 14.7 Å². The second kappa shape index (κ2) is 6.19. The Bertz CT molecular complexity index is 629. The van der Waals surface area contributed by atoms with Gasteiger partial charge in [-0.15, -0.1) is 11.3 Å². The van der Waals surface area contributed by atoms with Gasteiger partial charge in [0.25, 0.3) is 5.91 Å². The molecule has 1 aromatic carbocycles. The summed E-state index contributed by atoms with van der Waals surface area (Å²) in [6, 6.07) is 8.61. The highest BCUT2D eigenvalue weighted by Crippen LogP contribution is 2.27. The first-order chi connectivity index (χ1) is 9.45. The maximum Gasteiger partial charge on any atom is 0.307 e. The molecule has 1 aromatic heterocycles. The van der Waals surface area contributed by atoms with Gasteiger partial charge in [-0.05, 0) is 52.2 Å². The second-order valence-electron chi connectivity index (χ2n) is 4.29. The lowest BCUT2D eigenvalue weighted by Gasteiger charge is -2.04. The number of carboxylic acids is 1. The molecule has 4 nitrogen and oxygen atoms in total. The van der Waals surface area contributed by atoms with Gasteiger partial charge in [-0.3, -0.25) is 9.59 Å². The molecule has 0 radical (unpaired) electrons. The van der Waals surface area contributed by atoms with Crippen molar-refractivity contribution in [3.8, 4) is 0 Å². The number of aliphatic carboxylic acids is 1. The zero-order valence-corrected chi connectivity index (χ0v) is 13.0. The molecule has 2 aromatic rings. The predicted octanol–water partition coefficient (Wildman–Crippen LogP) is 3.70. The molecule has 0 bridgehead atoms. The molecule has 0 unspecified atom stereocenters. The van der Waals surface area contributed by atoms with E-state index in [2.05, 4.69) is 21.2 Å². The van der Waals surface area contributed by atoms with Crippen LogP contribution in [0.1, 0.15) is 20.8 Å². The monoisotopic (exact) mass is 353 g/mol. The Morgan fingerprint density at radius 3 is 2.45 bits per heavy atom. The van der Waals surface area contributed by atoms with Crippen LogP contribution in [0.2, 0.25) is 0 Å². The van der Waals surface area contributed by atoms with Crippen LogP contribution < -0.4 is 5.32 Å². The van der Waals surface area contributed by atoms with Crippen LogP contribution in [-0.2, 0) is 11.2 Å². The summed E-state index contributed by atoms with van der Waals surface area (Å²) in [7, 11) is 0. The molecule has 1 heterocycles. The Balaban J connectivity index is 2.06. The highest BCUT2D eigenvalue weighted by Gasteiger charge is 2.11. The molecule has 0 saturated carbocycles. The van der Waals surface area contributed by atoms with Crippen molar-refractivity contribution in [2.45, 2.75) is 13.3 Å². The van der Waals surface area contributed by atoms with Crippen molar-refractivity contribution in [3.05, 3.63) is 50.1 Å². The van der Waals surface area contributed by atoms with E-state index >= 15 is 0 Å². The minimum Gasteiger partial charge on any atom is -0.481 e. The van der Waals surface area contributed by atoms with Gasteiger partial charge in [0.15, 0.2) is 0 Å². The summed E-state index contributed by atoms with van der Waals surface area (Å²) in [4.78, 5) is 23.2. The fraction of sp³-hybridized carbons (Fsp3) is 0.143. The third-order valence-corrected chi connectivity index (χ3v) is 4.78. The molecule has 0 atom stereocenters. The topological polar surface area (TPSA) is 66.4 Å². The van der Waals surface area contributed by atoms with Gasteiger partial charge < -0.3 is 10.4 Å². The molecule has 6 heteroatoms. The van der Waals surface area contributed by atoms with Crippen molar-refractivity contribution in [2.24, 2.45) is 0 Å². The summed E-state index contributed by atoms with van der Waals surface area (Å²) in [5.74, 6) is -1.05. The normalized spacial score (nSPS) is 10.3. The molecular formula is C14H12BrNO3S. The summed E-state index contributed by atoms with van der Waals surface area (Å²) >= 11 is 4.77. The van der Waals surface area contributed by atoms with Crippen molar-refractivity contribution in [1.29, 1.82) is 0 Å². The van der Waals surface area contributed by atoms with Gasteiger partial charge in [0.1, 0.15) is 0 Å². The lowest BCUT2D eigenvalue weighted by molar-refractivity contribution is -0.136. The summed E-state index contributed by atoms with van der Waals surface area (Å²) in [6.07, 6.45) is -0.0225. The van der Waals surface area contributed by atoms with E-state index in [-0.39, 0.29) is 12.3 Å². The fourth-order valence-corrected chi connectivity index (χ4v) is 3.08. The van der Waals surface area contributed by atoms with Crippen molar-refractivity contribution in [3.63, 3.8) is 0 Å². The van der Waals surface area contributed by atoms with Gasteiger partial charge in [-0.1, -0.05) is 12.1 Å². The number of anilines is 1. The van der Waals surface area contributed by atoms with Crippen LogP contribution >= 0.6 is 27.3 Å². The third-order valence-electron chi connectivity index (χ3n) is 2.65. The first-order valence-electron chi connectivity index (χ1n) is 5.83. The Kier molecular flexibility index (Phi) is 4.57. The predicted molar refractivity (Wildman–Crippen MR) is 82.5 cm³/mol. The minimum atomic E-state index is -0.874. The number of rotatable bonds is 4. The molecule has 20 heavy (non-hydrogen) atoms. The SMILES string of the molecule is Cc1cc(C(=O)Nc2ccc(CC(=O)O)cc2)sc1Br. The third kappa shape index (κ3) is 3.68. The maximum absolute atomic E-state index is 12.0. The number of nitrogens with one attached hydrogen (secondary N) is 1. The minimum absolute atomic E-state index is 0.0225. The number of amides is 1. The molecule has 2 rings (SSSR count). The van der Waals surface area contributed by atoms with E-state index in [1.54, 1.807) is 24.3 Å². The Hall–Kier alpha value is -1.66. The molecule has 0 saturated heterocycles. The van der Waals surface area contributed by atoms with Gasteiger partial charge in [0.2, 0.25) is 0 Å². The van der Waals surface area contributed by atoms with E-state index < -0.39 is 5.97 Å². The number of hydrogen-bond acceptors (Lipinski definition) is 3. The summed E-state index contributed by atoms with van der Waals surface area (Å²) in [6.45, 7) is 1.93. The average molecular weight is 354 g/mol. The molecule has 2 N–H and O–H groups in total. The number of carbonyl (C=O) groups excluding carboxylic acids is 1. The van der Waals surface area contributed by atoms with Crippen LogP contribution in [0.3, 0.4) is 0 Å². The van der Waals surface area contributed by atoms with E-state index in [4.69, 9.17) is 5.11 Å². The van der Waals surface area contributed by atoms with Crippen LogP contribution in [-0.4, -0.2) is 17.0 Å². The van der Waals surface area contributed by atoms with E-state index in [1.807, 2.05) is 13.0 Å². The summed E-state index contributed by atoms with van der Waals surface area (Å²) < 4.78 is 0.944. The Labute approximate surface area is 128 Å². The molecule has 0 aliphatic rings. The summed E-state index contributed by atoms with van der Waals surface area (Å²) in [5.41, 5.74) is 2.37. The van der Waals surface area contributed by atoms with Crippen LogP contribution in [0, 0.1) is 6.92 Å². The molecule has 0 aliphatic carbocycles.